The van der Waals surface area contributed by atoms with E-state index in [1.807, 2.05) is 146 Å². The predicted octanol–water partition coefficient (Wildman–Crippen LogP) is 24.8. The van der Waals surface area contributed by atoms with Gasteiger partial charge < -0.3 is 49.7 Å². The SMILES string of the molecule is O=C(COc1c2cc(-c3ccccc3)cc1Cc1cc(-c3ccccc3)cc(c1OCC(=O)NCc1cccc3ccccc13)COCc1cc(-c3ccccc3)cc(c1OCC(=O)Nc1ccc3ccc4cccc5ccc1c3c45)Cc1cc(-c3ccccc3)cc(c1OCC(=O)Nc1ccc3ccc4cccc5ccc1c3c45)COC2)NCc1cccc2ccccc12. The first-order chi connectivity index (χ1) is 64.0. The van der Waals surface area contributed by atoms with Crippen molar-refractivity contribution in [2.45, 2.75) is 52.4 Å². The number of nitrogens with one attached hydrogen (secondary N) is 4. The Balaban J connectivity index is 0.721. The van der Waals surface area contributed by atoms with Crippen LogP contribution < -0.4 is 40.2 Å². The van der Waals surface area contributed by atoms with Gasteiger partial charge in [-0.05, 0) is 214 Å². The lowest BCUT2D eigenvalue weighted by Gasteiger charge is -2.23. The third-order valence-electron chi connectivity index (χ3n) is 24.9. The van der Waals surface area contributed by atoms with Crippen LogP contribution in [0.25, 0.3) is 131 Å². The molecule has 20 aromatic carbocycles. The molecule has 1 heterocycles. The smallest absolute Gasteiger partial charge is 0.262 e. The summed E-state index contributed by atoms with van der Waals surface area (Å²) in [6.45, 7) is -1.38. The molecule has 632 valence electrons. The molecule has 130 heavy (non-hydrogen) atoms. The summed E-state index contributed by atoms with van der Waals surface area (Å²) in [4.78, 5) is 60.0. The number of benzene rings is 20. The lowest BCUT2D eigenvalue weighted by molar-refractivity contribution is -0.124. The Morgan fingerprint density at radius 2 is 0.492 bits per heavy atom. The van der Waals surface area contributed by atoms with Gasteiger partial charge in [-0.1, -0.05) is 303 Å². The van der Waals surface area contributed by atoms with Crippen molar-refractivity contribution < 1.29 is 47.6 Å². The van der Waals surface area contributed by atoms with Gasteiger partial charge in [-0.3, -0.25) is 19.2 Å². The van der Waals surface area contributed by atoms with Crippen molar-refractivity contribution in [3.8, 4) is 67.5 Å². The summed E-state index contributed by atoms with van der Waals surface area (Å²) in [6.07, 6.45) is 0.251. The van der Waals surface area contributed by atoms with Crippen LogP contribution in [0.15, 0.2) is 364 Å². The lowest BCUT2D eigenvalue weighted by Crippen LogP contribution is -2.29. The number of hydrogen-bond acceptors (Lipinski definition) is 10. The van der Waals surface area contributed by atoms with E-state index in [2.05, 4.69) is 240 Å². The van der Waals surface area contributed by atoms with E-state index in [-0.39, 0.29) is 77.4 Å². The molecule has 1 aliphatic rings. The number of carbonyl (C=O) groups is 4. The average molecular weight is 1700 g/mol. The predicted molar refractivity (Wildman–Crippen MR) is 521 cm³/mol. The van der Waals surface area contributed by atoms with Crippen LogP contribution in [0.2, 0.25) is 0 Å². The quantitative estimate of drug-likeness (QED) is 0.0479. The van der Waals surface area contributed by atoms with Gasteiger partial charge >= 0.3 is 0 Å². The maximum atomic E-state index is 15.2. The van der Waals surface area contributed by atoms with Crippen LogP contribution in [-0.2, 0) is 81.0 Å². The fraction of sp³-hybridized carbons (Fsp3) is 0.103. The van der Waals surface area contributed by atoms with E-state index in [1.54, 1.807) is 0 Å². The summed E-state index contributed by atoms with van der Waals surface area (Å²) >= 11 is 0. The zero-order valence-corrected chi connectivity index (χ0v) is 71.2. The Hall–Kier alpha value is -16.0. The Bertz CT molecular complexity index is 7220. The van der Waals surface area contributed by atoms with Crippen molar-refractivity contribution in [2.75, 3.05) is 37.1 Å². The summed E-state index contributed by atoms with van der Waals surface area (Å²) < 4.78 is 43.3. The molecule has 0 unspecified atom stereocenters. The highest BCUT2D eigenvalue weighted by Gasteiger charge is 2.28. The molecule has 1 aliphatic heterocycles. The molecule has 0 radical (unpaired) electrons. The van der Waals surface area contributed by atoms with Crippen molar-refractivity contribution in [1.82, 2.24) is 10.6 Å². The number of ether oxygens (including phenoxy) is 6. The normalized spacial score (nSPS) is 12.4. The minimum Gasteiger partial charge on any atom is -0.483 e. The molecule has 0 aliphatic carbocycles. The summed E-state index contributed by atoms with van der Waals surface area (Å²) in [7, 11) is 0. The zero-order chi connectivity index (χ0) is 87.4. The molecule has 0 saturated carbocycles. The van der Waals surface area contributed by atoms with Crippen molar-refractivity contribution >= 4 is 121 Å². The average Bonchev–Trinajstić information content (AvgIpc) is 0.737. The highest BCUT2D eigenvalue weighted by Crippen LogP contribution is 2.45. The maximum Gasteiger partial charge on any atom is 0.262 e. The van der Waals surface area contributed by atoms with Gasteiger partial charge in [0.1, 0.15) is 23.0 Å². The standard InChI is InChI=1S/C116H88N4O10/c121-105(117-63-85-37-17-31-77-29-13-15-39-99(77)85)69-127-113-91-53-87(73-21-5-1-6-22-73)57-95(113)65-125-67-97-59-89(75-25-9-3-10-26-75)55-93(115(97)129-71-107(123)119-103-51-47-83-43-41-79-33-19-35-81-45-49-101(103)111(83)109(79)81)62-94-56-90(76-27-11-4-12-28-76)60-98(116(94)130-72-108(124)120-104-52-48-84-44-42-80-34-20-36-82-46-50-102(104)112(84)110(80)82)68-126-66-96-58-88(74-23-7-2-8-24-74)54-92(61-91)114(96)128-70-106(122)118-64-86-38-18-32-78-30-14-16-40-100(78)86/h1-60H,61-72H2,(H,117,121)(H,118,122)(H,119,123)(H,120,124). The number of anilines is 2. The van der Waals surface area contributed by atoms with E-state index in [4.69, 9.17) is 28.4 Å². The van der Waals surface area contributed by atoms with Crippen LogP contribution in [0.1, 0.15) is 55.6 Å². The molecule has 0 aromatic heterocycles. The van der Waals surface area contributed by atoms with Gasteiger partial charge in [0, 0.05) is 70.3 Å². The summed E-state index contributed by atoms with van der Waals surface area (Å²) in [5.41, 5.74) is 15.3. The monoisotopic (exact) mass is 1700 g/mol. The Morgan fingerprint density at radius 3 is 0.831 bits per heavy atom. The summed E-state index contributed by atoms with van der Waals surface area (Å²) in [5, 5.41) is 29.8. The second-order valence-electron chi connectivity index (χ2n) is 33.3. The molecule has 21 rings (SSSR count). The van der Waals surface area contributed by atoms with E-state index >= 15 is 9.59 Å². The first kappa shape index (κ1) is 81.1. The Morgan fingerprint density at radius 1 is 0.231 bits per heavy atom. The third kappa shape index (κ3) is 16.9. The van der Waals surface area contributed by atoms with E-state index < -0.39 is 25.0 Å². The van der Waals surface area contributed by atoms with E-state index in [1.165, 1.54) is 0 Å². The van der Waals surface area contributed by atoms with E-state index in [0.29, 0.717) is 78.9 Å². The van der Waals surface area contributed by atoms with Gasteiger partial charge in [0.15, 0.2) is 26.4 Å². The Kier molecular flexibility index (Phi) is 22.5. The highest BCUT2D eigenvalue weighted by atomic mass is 16.5. The van der Waals surface area contributed by atoms with Gasteiger partial charge in [-0.25, -0.2) is 0 Å². The van der Waals surface area contributed by atoms with Crippen LogP contribution in [0.4, 0.5) is 11.4 Å². The summed E-state index contributed by atoms with van der Waals surface area (Å²) in [5.74, 6) is 0.0940. The zero-order valence-electron chi connectivity index (χ0n) is 71.2. The van der Waals surface area contributed by atoms with Crippen LogP contribution in [0.3, 0.4) is 0 Å². The van der Waals surface area contributed by atoms with Gasteiger partial charge in [-0.2, -0.15) is 0 Å². The number of amides is 4. The van der Waals surface area contributed by atoms with Gasteiger partial charge in [0.25, 0.3) is 23.6 Å². The number of fused-ring (bicyclic) bond motifs is 10. The van der Waals surface area contributed by atoms with E-state index in [0.717, 1.165) is 142 Å². The second kappa shape index (κ2) is 36.2. The van der Waals surface area contributed by atoms with Crippen molar-refractivity contribution in [3.63, 3.8) is 0 Å². The molecule has 14 heteroatoms. The molecule has 4 N–H and O–H groups in total. The molecule has 8 bridgehead atoms. The van der Waals surface area contributed by atoms with Gasteiger partial charge in [0.05, 0.1) is 26.4 Å². The minimum absolute atomic E-state index is 0.0688. The highest BCUT2D eigenvalue weighted by molar-refractivity contribution is 6.27. The number of carbonyl (C=O) groups excluding carboxylic acids is 4. The van der Waals surface area contributed by atoms with Gasteiger partial charge in [-0.15, -0.1) is 0 Å². The molecule has 4 amide bonds. The fourth-order valence-corrected chi connectivity index (χ4v) is 18.8. The van der Waals surface area contributed by atoms with E-state index in [9.17, 15) is 9.59 Å². The first-order valence-corrected chi connectivity index (χ1v) is 44.0. The number of rotatable bonds is 22. The van der Waals surface area contributed by atoms with Crippen LogP contribution in [-0.4, -0.2) is 50.1 Å². The molecule has 0 fully saturated rings. The van der Waals surface area contributed by atoms with Crippen molar-refractivity contribution in [2.24, 2.45) is 0 Å². The van der Waals surface area contributed by atoms with Gasteiger partial charge in [0.2, 0.25) is 0 Å². The molecular weight excluding hydrogens is 1610 g/mol. The second-order valence-corrected chi connectivity index (χ2v) is 33.3. The fourth-order valence-electron chi connectivity index (χ4n) is 18.8. The molecule has 0 spiro atoms. The number of hydrogen-bond donors (Lipinski definition) is 4. The van der Waals surface area contributed by atoms with Crippen LogP contribution >= 0.6 is 0 Å². The molecule has 14 nitrogen and oxygen atoms in total. The van der Waals surface area contributed by atoms with Crippen molar-refractivity contribution in [1.29, 1.82) is 0 Å². The molecule has 0 saturated heterocycles. The topological polar surface area (TPSA) is 172 Å². The van der Waals surface area contributed by atoms with Crippen molar-refractivity contribution in [3.05, 3.63) is 420 Å². The lowest BCUT2D eigenvalue weighted by atomic mass is 9.91. The first-order valence-electron chi connectivity index (χ1n) is 44.0. The third-order valence-corrected chi connectivity index (χ3v) is 24.9. The minimum atomic E-state index is -0.418. The molecular formula is C116H88N4O10. The largest absolute Gasteiger partial charge is 0.483 e. The van der Waals surface area contributed by atoms with Crippen LogP contribution in [0.5, 0.6) is 23.0 Å². The molecule has 0 atom stereocenters. The molecule has 20 aromatic rings. The van der Waals surface area contributed by atoms with Crippen LogP contribution in [0, 0.1) is 0 Å². The maximum absolute atomic E-state index is 15.2. The summed E-state index contributed by atoms with van der Waals surface area (Å²) in [6, 6.07) is 123. The Labute approximate surface area is 751 Å².